The number of guanidine groups is 1. The van der Waals surface area contributed by atoms with Gasteiger partial charge in [0.25, 0.3) is 0 Å². The number of hydrogen-bond acceptors (Lipinski definition) is 4. The number of nitrogens with one attached hydrogen (secondary N) is 2. The van der Waals surface area contributed by atoms with Crippen molar-refractivity contribution >= 4 is 29.9 Å². The molecule has 0 saturated carbocycles. The van der Waals surface area contributed by atoms with E-state index in [4.69, 9.17) is 9.15 Å². The van der Waals surface area contributed by atoms with Crippen LogP contribution in [0.1, 0.15) is 30.6 Å². The lowest BCUT2D eigenvalue weighted by Gasteiger charge is -2.31. The molecule has 0 atom stereocenters. The van der Waals surface area contributed by atoms with Gasteiger partial charge in [-0.3, -0.25) is 9.89 Å². The summed E-state index contributed by atoms with van der Waals surface area (Å²) in [5.41, 5.74) is 1.39. The number of rotatable bonds is 12. The third-order valence-corrected chi connectivity index (χ3v) is 5.37. The molecule has 1 aromatic carbocycles. The molecule has 6 nitrogen and oxygen atoms in total. The van der Waals surface area contributed by atoms with Crippen LogP contribution in [0.3, 0.4) is 0 Å². The first-order chi connectivity index (χ1) is 15.3. The van der Waals surface area contributed by atoms with E-state index < -0.39 is 0 Å². The Balaban J connectivity index is 0.00000363. The number of likely N-dealkylation sites (tertiary alicyclic amines) is 1. The highest BCUT2D eigenvalue weighted by Gasteiger charge is 2.19. The second-order valence-corrected chi connectivity index (χ2v) is 7.84. The highest BCUT2D eigenvalue weighted by Crippen LogP contribution is 2.16. The van der Waals surface area contributed by atoms with Gasteiger partial charge in [-0.2, -0.15) is 0 Å². The van der Waals surface area contributed by atoms with Crippen LogP contribution in [-0.4, -0.2) is 56.3 Å². The van der Waals surface area contributed by atoms with E-state index in [1.54, 1.807) is 6.26 Å². The van der Waals surface area contributed by atoms with Gasteiger partial charge in [0.1, 0.15) is 5.76 Å². The van der Waals surface area contributed by atoms with Crippen LogP contribution in [0.4, 0.5) is 0 Å². The predicted octanol–water partition coefficient (Wildman–Crippen LogP) is 4.23. The lowest BCUT2D eigenvalue weighted by atomic mass is 10.1. The first kappa shape index (κ1) is 26.4. The largest absolute Gasteiger partial charge is 0.469 e. The Kier molecular flexibility index (Phi) is 13.1. The molecule has 3 rings (SSSR count). The lowest BCUT2D eigenvalue weighted by molar-refractivity contribution is 0.00566. The zero-order chi connectivity index (χ0) is 21.6. The summed E-state index contributed by atoms with van der Waals surface area (Å²) in [6, 6.07) is 14.6. The van der Waals surface area contributed by atoms with Gasteiger partial charge in [-0.05, 0) is 37.0 Å². The molecule has 0 spiro atoms. The Morgan fingerprint density at radius 3 is 2.69 bits per heavy atom. The fourth-order valence-electron chi connectivity index (χ4n) is 3.68. The van der Waals surface area contributed by atoms with Gasteiger partial charge in [0.15, 0.2) is 5.96 Å². The minimum absolute atomic E-state index is 0. The fraction of sp³-hybridized carbons (Fsp3) is 0.480. The van der Waals surface area contributed by atoms with Crippen LogP contribution in [0.15, 0.2) is 70.8 Å². The number of nitrogens with zero attached hydrogens (tertiary/aromatic N) is 2. The summed E-state index contributed by atoms with van der Waals surface area (Å²) in [7, 11) is 0. The number of furan rings is 1. The highest BCUT2D eigenvalue weighted by atomic mass is 127. The number of benzene rings is 1. The van der Waals surface area contributed by atoms with E-state index in [9.17, 15) is 0 Å². The van der Waals surface area contributed by atoms with E-state index in [2.05, 4.69) is 57.4 Å². The standard InChI is InChI=1S/C25H36N4O2.HI/c1-2-14-26-25(28-16-11-23-10-6-19-30-23)27-15-7-20-31-24-12-17-29(18-13-24)21-22-8-4-3-5-9-22;/h2-6,8-10,19,24H,1,7,11-18,20-21H2,(H2,26,27,28);1H. The molecule has 1 aromatic heterocycles. The molecule has 32 heavy (non-hydrogen) atoms. The number of aliphatic imine (C=N–C) groups is 1. The summed E-state index contributed by atoms with van der Waals surface area (Å²) in [4.78, 5) is 7.17. The minimum Gasteiger partial charge on any atom is -0.469 e. The van der Waals surface area contributed by atoms with Crippen molar-refractivity contribution in [2.24, 2.45) is 4.99 Å². The summed E-state index contributed by atoms with van der Waals surface area (Å²) >= 11 is 0. The van der Waals surface area contributed by atoms with Crippen molar-refractivity contribution in [3.05, 3.63) is 72.7 Å². The van der Waals surface area contributed by atoms with Gasteiger partial charge in [0, 0.05) is 52.3 Å². The van der Waals surface area contributed by atoms with Crippen LogP contribution in [0.25, 0.3) is 0 Å². The van der Waals surface area contributed by atoms with E-state index in [-0.39, 0.29) is 24.0 Å². The second-order valence-electron chi connectivity index (χ2n) is 7.84. The molecule has 1 aliphatic heterocycles. The Morgan fingerprint density at radius 1 is 1.16 bits per heavy atom. The van der Waals surface area contributed by atoms with Crippen molar-refractivity contribution in [3.8, 4) is 0 Å². The maximum atomic E-state index is 6.11. The predicted molar refractivity (Wildman–Crippen MR) is 142 cm³/mol. The maximum absolute atomic E-state index is 6.11. The van der Waals surface area contributed by atoms with Crippen LogP contribution in [0, 0.1) is 0 Å². The normalized spacial score (nSPS) is 15.2. The molecule has 2 aromatic rings. The number of ether oxygens (including phenoxy) is 1. The second kappa shape index (κ2) is 15.9. The van der Waals surface area contributed by atoms with E-state index in [0.717, 1.165) is 76.7 Å². The third kappa shape index (κ3) is 10.2. The van der Waals surface area contributed by atoms with Gasteiger partial charge in [0.05, 0.1) is 12.4 Å². The van der Waals surface area contributed by atoms with Crippen LogP contribution in [0.5, 0.6) is 0 Å². The first-order valence-corrected chi connectivity index (χ1v) is 11.4. The van der Waals surface area contributed by atoms with Crippen LogP contribution >= 0.6 is 24.0 Å². The average molecular weight is 553 g/mol. The Bertz CT molecular complexity index is 760. The smallest absolute Gasteiger partial charge is 0.191 e. The number of piperidine rings is 1. The molecular formula is C25H37IN4O2. The van der Waals surface area contributed by atoms with Crippen molar-refractivity contribution in [1.82, 2.24) is 15.5 Å². The summed E-state index contributed by atoms with van der Waals surface area (Å²) in [6.07, 6.45) is 7.87. The average Bonchev–Trinajstić information content (AvgIpc) is 3.32. The Morgan fingerprint density at radius 2 is 1.97 bits per heavy atom. The van der Waals surface area contributed by atoms with Gasteiger partial charge in [-0.1, -0.05) is 36.4 Å². The van der Waals surface area contributed by atoms with Crippen molar-refractivity contribution in [2.75, 3.05) is 39.3 Å². The third-order valence-electron chi connectivity index (χ3n) is 5.37. The maximum Gasteiger partial charge on any atom is 0.191 e. The van der Waals surface area contributed by atoms with Crippen molar-refractivity contribution in [2.45, 2.75) is 38.3 Å². The summed E-state index contributed by atoms with van der Waals surface area (Å²) < 4.78 is 11.5. The van der Waals surface area contributed by atoms with Crippen LogP contribution in [-0.2, 0) is 17.7 Å². The summed E-state index contributed by atoms with van der Waals surface area (Å²) in [6.45, 7) is 9.96. The Hall–Kier alpha value is -1.84. The molecular weight excluding hydrogens is 515 g/mol. The summed E-state index contributed by atoms with van der Waals surface area (Å²) in [5, 5.41) is 6.60. The fourth-order valence-corrected chi connectivity index (χ4v) is 3.68. The number of halogens is 1. The number of hydrogen-bond donors (Lipinski definition) is 2. The molecule has 2 heterocycles. The van der Waals surface area contributed by atoms with Gasteiger partial charge in [-0.15, -0.1) is 30.6 Å². The quantitative estimate of drug-likeness (QED) is 0.136. The SMILES string of the molecule is C=CCNC(=NCCCOC1CCN(Cc2ccccc2)CC1)NCCc1ccco1.I. The van der Waals surface area contributed by atoms with E-state index in [0.29, 0.717) is 12.6 Å². The molecule has 1 aliphatic rings. The highest BCUT2D eigenvalue weighted by molar-refractivity contribution is 14.0. The minimum atomic E-state index is 0. The molecule has 0 radical (unpaired) electrons. The van der Waals surface area contributed by atoms with Gasteiger partial charge >= 0.3 is 0 Å². The molecule has 176 valence electrons. The molecule has 0 bridgehead atoms. The van der Waals surface area contributed by atoms with Crippen LogP contribution < -0.4 is 10.6 Å². The van der Waals surface area contributed by atoms with Crippen LogP contribution in [0.2, 0.25) is 0 Å². The summed E-state index contributed by atoms with van der Waals surface area (Å²) in [5.74, 6) is 1.78. The van der Waals surface area contributed by atoms with E-state index in [1.807, 2.05) is 18.2 Å². The molecule has 7 heteroatoms. The van der Waals surface area contributed by atoms with Gasteiger partial charge in [0.2, 0.25) is 0 Å². The zero-order valence-corrected chi connectivity index (χ0v) is 21.2. The Labute approximate surface area is 209 Å². The molecule has 1 fully saturated rings. The molecule has 0 aliphatic carbocycles. The first-order valence-electron chi connectivity index (χ1n) is 11.4. The van der Waals surface area contributed by atoms with E-state index >= 15 is 0 Å². The molecule has 1 saturated heterocycles. The van der Waals surface area contributed by atoms with Gasteiger partial charge in [-0.25, -0.2) is 0 Å². The monoisotopic (exact) mass is 552 g/mol. The lowest BCUT2D eigenvalue weighted by Crippen LogP contribution is -2.38. The molecule has 0 unspecified atom stereocenters. The van der Waals surface area contributed by atoms with Crippen molar-refractivity contribution in [1.29, 1.82) is 0 Å². The topological polar surface area (TPSA) is 62.0 Å². The zero-order valence-electron chi connectivity index (χ0n) is 18.9. The van der Waals surface area contributed by atoms with Crippen molar-refractivity contribution < 1.29 is 9.15 Å². The van der Waals surface area contributed by atoms with Crippen molar-refractivity contribution in [3.63, 3.8) is 0 Å². The van der Waals surface area contributed by atoms with Gasteiger partial charge < -0.3 is 19.8 Å². The van der Waals surface area contributed by atoms with E-state index in [1.165, 1.54) is 5.56 Å². The molecule has 2 N–H and O–H groups in total. The molecule has 0 amide bonds.